The normalized spacial score (nSPS) is 16.1. The summed E-state index contributed by atoms with van der Waals surface area (Å²) in [5.41, 5.74) is 2.23. The summed E-state index contributed by atoms with van der Waals surface area (Å²) in [6.07, 6.45) is -0.795. The highest BCUT2D eigenvalue weighted by Gasteiger charge is 2.37. The number of anilines is 1. The number of fused-ring (bicyclic) bond motifs is 1. The minimum Gasteiger partial charge on any atom is -0.433 e. The smallest absolute Gasteiger partial charge is 0.342 e. The van der Waals surface area contributed by atoms with Crippen molar-refractivity contribution in [1.29, 1.82) is 0 Å². The Balaban J connectivity index is 1.87. The molecule has 1 aliphatic rings. The van der Waals surface area contributed by atoms with Gasteiger partial charge in [-0.15, -0.1) is 0 Å². The molecular formula is C21H15NO3. The molecule has 4 heteroatoms. The Hall–Kier alpha value is -3.40. The number of carbonyl (C=O) groups is 2. The molecule has 0 saturated heterocycles. The molecule has 0 aliphatic carbocycles. The second kappa shape index (κ2) is 6.24. The van der Waals surface area contributed by atoms with E-state index in [1.165, 1.54) is 0 Å². The molecule has 0 N–H and O–H groups in total. The zero-order chi connectivity index (χ0) is 17.2. The van der Waals surface area contributed by atoms with E-state index < -0.39 is 12.2 Å². The van der Waals surface area contributed by atoms with Gasteiger partial charge in [0.25, 0.3) is 5.91 Å². The van der Waals surface area contributed by atoms with Crippen LogP contribution < -0.4 is 4.90 Å². The quantitative estimate of drug-likeness (QED) is 0.662. The first-order valence-electron chi connectivity index (χ1n) is 7.99. The van der Waals surface area contributed by atoms with Gasteiger partial charge in [-0.05, 0) is 24.3 Å². The lowest BCUT2D eigenvalue weighted by Crippen LogP contribution is -2.41. The molecule has 25 heavy (non-hydrogen) atoms. The van der Waals surface area contributed by atoms with Crippen molar-refractivity contribution >= 4 is 17.6 Å². The predicted octanol–water partition coefficient (Wildman–Crippen LogP) is 4.20. The monoisotopic (exact) mass is 329 g/mol. The van der Waals surface area contributed by atoms with E-state index in [2.05, 4.69) is 0 Å². The number of cyclic esters (lactones) is 1. The first kappa shape index (κ1) is 15.1. The molecule has 0 aromatic heterocycles. The summed E-state index contributed by atoms with van der Waals surface area (Å²) in [6.45, 7) is 0. The number of carbonyl (C=O) groups excluding carboxylic acids is 2. The summed E-state index contributed by atoms with van der Waals surface area (Å²) in [5, 5.41) is 0. The minimum atomic E-state index is -0.795. The van der Waals surface area contributed by atoms with Crippen molar-refractivity contribution in [3.8, 4) is 0 Å². The maximum absolute atomic E-state index is 13.2. The zero-order valence-electron chi connectivity index (χ0n) is 13.3. The van der Waals surface area contributed by atoms with Crippen LogP contribution >= 0.6 is 0 Å². The maximum atomic E-state index is 13.2. The topological polar surface area (TPSA) is 46.6 Å². The lowest BCUT2D eigenvalue weighted by molar-refractivity contribution is 0.0249. The molecule has 0 fully saturated rings. The fourth-order valence-corrected chi connectivity index (χ4v) is 2.97. The van der Waals surface area contributed by atoms with Gasteiger partial charge in [0, 0.05) is 11.1 Å². The van der Waals surface area contributed by atoms with Crippen molar-refractivity contribution in [3.63, 3.8) is 0 Å². The van der Waals surface area contributed by atoms with E-state index in [-0.39, 0.29) is 5.91 Å². The molecule has 0 saturated carbocycles. The molecule has 1 unspecified atom stereocenters. The highest BCUT2D eigenvalue weighted by Crippen LogP contribution is 2.37. The molecule has 1 amide bonds. The Morgan fingerprint density at radius 3 is 2.12 bits per heavy atom. The van der Waals surface area contributed by atoms with Crippen molar-refractivity contribution in [2.75, 3.05) is 4.90 Å². The van der Waals surface area contributed by atoms with Crippen LogP contribution in [0, 0.1) is 0 Å². The van der Waals surface area contributed by atoms with Gasteiger partial charge in [-0.2, -0.15) is 0 Å². The van der Waals surface area contributed by atoms with Gasteiger partial charge < -0.3 is 4.74 Å². The van der Waals surface area contributed by atoms with Crippen molar-refractivity contribution < 1.29 is 14.3 Å². The van der Waals surface area contributed by atoms with Crippen LogP contribution in [0.4, 0.5) is 5.69 Å². The van der Waals surface area contributed by atoms with Crippen LogP contribution in [-0.2, 0) is 4.74 Å². The van der Waals surface area contributed by atoms with Crippen LogP contribution in [0.2, 0.25) is 0 Å². The Labute approximate surface area is 145 Å². The Morgan fingerprint density at radius 1 is 0.800 bits per heavy atom. The van der Waals surface area contributed by atoms with Gasteiger partial charge in [0.05, 0.1) is 11.3 Å². The molecule has 1 aliphatic heterocycles. The Morgan fingerprint density at radius 2 is 1.40 bits per heavy atom. The maximum Gasteiger partial charge on any atom is 0.342 e. The number of esters is 1. The van der Waals surface area contributed by atoms with Crippen LogP contribution in [0.3, 0.4) is 0 Å². The second-order valence-electron chi connectivity index (χ2n) is 5.73. The second-order valence-corrected chi connectivity index (χ2v) is 5.73. The Kier molecular flexibility index (Phi) is 3.78. The van der Waals surface area contributed by atoms with E-state index in [9.17, 15) is 9.59 Å². The number of ether oxygens (including phenoxy) is 1. The molecule has 0 spiro atoms. The summed E-state index contributed by atoms with van der Waals surface area (Å²) in [5.74, 6) is -0.643. The molecule has 122 valence electrons. The van der Waals surface area contributed by atoms with E-state index in [0.29, 0.717) is 16.8 Å². The van der Waals surface area contributed by atoms with Gasteiger partial charge in [0.1, 0.15) is 0 Å². The molecule has 0 radical (unpaired) electrons. The Bertz CT molecular complexity index is 922. The summed E-state index contributed by atoms with van der Waals surface area (Å²) in [6, 6.07) is 25.3. The first-order valence-corrected chi connectivity index (χ1v) is 7.99. The minimum absolute atomic E-state index is 0.214. The number of rotatable bonds is 2. The number of hydrogen-bond donors (Lipinski definition) is 0. The highest BCUT2D eigenvalue weighted by atomic mass is 16.6. The van der Waals surface area contributed by atoms with Gasteiger partial charge in [-0.3, -0.25) is 9.69 Å². The highest BCUT2D eigenvalue weighted by molar-refractivity contribution is 6.11. The van der Waals surface area contributed by atoms with Crippen LogP contribution in [0.1, 0.15) is 32.5 Å². The molecule has 1 atom stereocenters. The van der Waals surface area contributed by atoms with E-state index >= 15 is 0 Å². The third kappa shape index (κ3) is 2.68. The number of hydrogen-bond acceptors (Lipinski definition) is 3. The van der Waals surface area contributed by atoms with Gasteiger partial charge in [-0.1, -0.05) is 60.7 Å². The van der Waals surface area contributed by atoms with Crippen molar-refractivity contribution in [3.05, 3.63) is 102 Å². The molecular weight excluding hydrogens is 314 g/mol. The predicted molar refractivity (Wildman–Crippen MR) is 94.3 cm³/mol. The molecule has 3 aromatic rings. The van der Waals surface area contributed by atoms with Crippen molar-refractivity contribution in [1.82, 2.24) is 0 Å². The average Bonchev–Trinajstić information content (AvgIpc) is 2.69. The van der Waals surface area contributed by atoms with E-state index in [1.54, 1.807) is 35.2 Å². The largest absolute Gasteiger partial charge is 0.433 e. The van der Waals surface area contributed by atoms with Gasteiger partial charge >= 0.3 is 5.97 Å². The van der Waals surface area contributed by atoms with Crippen molar-refractivity contribution in [2.45, 2.75) is 6.23 Å². The lowest BCUT2D eigenvalue weighted by Gasteiger charge is -2.36. The summed E-state index contributed by atoms with van der Waals surface area (Å²) >= 11 is 0. The summed E-state index contributed by atoms with van der Waals surface area (Å²) in [7, 11) is 0. The van der Waals surface area contributed by atoms with Gasteiger partial charge in [0.2, 0.25) is 6.23 Å². The van der Waals surface area contributed by atoms with Crippen LogP contribution in [0.15, 0.2) is 84.9 Å². The van der Waals surface area contributed by atoms with E-state index in [1.807, 2.05) is 54.6 Å². The van der Waals surface area contributed by atoms with Gasteiger partial charge in [-0.25, -0.2) is 4.79 Å². The van der Waals surface area contributed by atoms with E-state index in [0.717, 1.165) is 5.56 Å². The first-order chi connectivity index (χ1) is 12.3. The number of benzene rings is 3. The zero-order valence-corrected chi connectivity index (χ0v) is 13.3. The molecule has 4 rings (SSSR count). The molecule has 3 aromatic carbocycles. The van der Waals surface area contributed by atoms with Crippen LogP contribution in [-0.4, -0.2) is 11.9 Å². The third-order valence-electron chi connectivity index (χ3n) is 4.16. The van der Waals surface area contributed by atoms with E-state index in [4.69, 9.17) is 4.74 Å². The van der Waals surface area contributed by atoms with Gasteiger partial charge in [0.15, 0.2) is 0 Å². The fraction of sp³-hybridized carbons (Fsp3) is 0.0476. The van der Waals surface area contributed by atoms with Crippen LogP contribution in [0.5, 0.6) is 0 Å². The average molecular weight is 329 g/mol. The van der Waals surface area contributed by atoms with Crippen LogP contribution in [0.25, 0.3) is 0 Å². The fourth-order valence-electron chi connectivity index (χ4n) is 2.97. The third-order valence-corrected chi connectivity index (χ3v) is 4.16. The summed E-state index contributed by atoms with van der Waals surface area (Å²) < 4.78 is 5.62. The molecule has 0 bridgehead atoms. The summed E-state index contributed by atoms with van der Waals surface area (Å²) in [4.78, 5) is 27.1. The van der Waals surface area contributed by atoms with Crippen molar-refractivity contribution in [2.24, 2.45) is 0 Å². The number of para-hydroxylation sites is 1. The lowest BCUT2D eigenvalue weighted by atomic mass is 10.0. The number of amides is 1. The standard InChI is InChI=1S/C21H15NO3/c23-19(15-9-3-1-4-10-15)22-18-14-8-7-13-17(18)21(24)25-20(22)16-11-5-2-6-12-16/h1-14,20H. The number of nitrogens with zero attached hydrogens (tertiary/aromatic N) is 1. The molecule has 1 heterocycles. The molecule has 4 nitrogen and oxygen atoms in total. The SMILES string of the molecule is O=C1OC(c2ccccc2)N(C(=O)c2ccccc2)c2ccccc21.